The second-order valence-electron chi connectivity index (χ2n) is 5.07. The van der Waals surface area contributed by atoms with Crippen molar-refractivity contribution in [2.45, 2.75) is 25.3 Å². The van der Waals surface area contributed by atoms with Crippen molar-refractivity contribution in [2.75, 3.05) is 13.7 Å². The summed E-state index contributed by atoms with van der Waals surface area (Å²) in [4.78, 5) is 11.6. The molecule has 1 aromatic carbocycles. The lowest BCUT2D eigenvalue weighted by Gasteiger charge is -2.37. The third kappa shape index (κ3) is 1.99. The van der Waals surface area contributed by atoms with Crippen molar-refractivity contribution >= 4 is 5.97 Å². The standard InChI is InChI=1S/C13H15F2NO2/c1-13(2)6-16-11(12(17)18-3)10-8(13)4-7(14)5-9(10)15/h4-5,11,16H,6H2,1-3H3. The zero-order chi connectivity index (χ0) is 13.5. The molecular weight excluding hydrogens is 240 g/mol. The summed E-state index contributed by atoms with van der Waals surface area (Å²) >= 11 is 0. The third-order valence-electron chi connectivity index (χ3n) is 3.30. The van der Waals surface area contributed by atoms with Crippen LogP contribution in [-0.2, 0) is 14.9 Å². The van der Waals surface area contributed by atoms with Crippen molar-refractivity contribution in [1.29, 1.82) is 0 Å². The van der Waals surface area contributed by atoms with E-state index in [0.29, 0.717) is 12.1 Å². The van der Waals surface area contributed by atoms with Gasteiger partial charge in [-0.25, -0.2) is 13.6 Å². The second kappa shape index (κ2) is 4.31. The van der Waals surface area contributed by atoms with E-state index in [0.717, 1.165) is 6.07 Å². The highest BCUT2D eigenvalue weighted by Crippen LogP contribution is 2.36. The molecule has 18 heavy (non-hydrogen) atoms. The Morgan fingerprint density at radius 3 is 2.72 bits per heavy atom. The Bertz CT molecular complexity index is 500. The van der Waals surface area contributed by atoms with Gasteiger partial charge in [-0.1, -0.05) is 13.8 Å². The van der Waals surface area contributed by atoms with Gasteiger partial charge in [0.1, 0.15) is 17.7 Å². The number of hydrogen-bond donors (Lipinski definition) is 1. The number of methoxy groups -OCH3 is 1. The first-order valence-electron chi connectivity index (χ1n) is 5.67. The third-order valence-corrected chi connectivity index (χ3v) is 3.30. The second-order valence-corrected chi connectivity index (χ2v) is 5.07. The summed E-state index contributed by atoms with van der Waals surface area (Å²) in [6.07, 6.45) is 0. The molecule has 5 heteroatoms. The molecule has 2 rings (SSSR count). The van der Waals surface area contributed by atoms with Crippen LogP contribution in [0.5, 0.6) is 0 Å². The number of rotatable bonds is 1. The number of ether oxygens (including phenoxy) is 1. The summed E-state index contributed by atoms with van der Waals surface area (Å²) in [6.45, 7) is 4.18. The first-order valence-corrected chi connectivity index (χ1v) is 5.67. The van der Waals surface area contributed by atoms with Crippen molar-refractivity contribution in [3.63, 3.8) is 0 Å². The lowest BCUT2D eigenvalue weighted by molar-refractivity contribution is -0.143. The molecule has 1 heterocycles. The molecule has 1 aliphatic heterocycles. The summed E-state index contributed by atoms with van der Waals surface area (Å²) in [5.41, 5.74) is 0.247. The predicted octanol–water partition coefficient (Wildman–Crippen LogP) is 2.06. The molecule has 1 atom stereocenters. The van der Waals surface area contributed by atoms with E-state index in [1.165, 1.54) is 13.2 Å². The average Bonchev–Trinajstić information content (AvgIpc) is 2.29. The van der Waals surface area contributed by atoms with E-state index >= 15 is 0 Å². The number of carbonyl (C=O) groups excluding carboxylic acids is 1. The minimum Gasteiger partial charge on any atom is -0.468 e. The summed E-state index contributed by atoms with van der Waals surface area (Å²) in [6, 6.07) is 1.20. The van der Waals surface area contributed by atoms with Gasteiger partial charge in [0.05, 0.1) is 7.11 Å². The van der Waals surface area contributed by atoms with Gasteiger partial charge in [-0.3, -0.25) is 5.32 Å². The van der Waals surface area contributed by atoms with Crippen LogP contribution in [0.25, 0.3) is 0 Å². The Morgan fingerprint density at radius 2 is 2.11 bits per heavy atom. The molecule has 0 saturated heterocycles. The van der Waals surface area contributed by atoms with Crippen molar-refractivity contribution in [1.82, 2.24) is 5.32 Å². The topological polar surface area (TPSA) is 38.3 Å². The number of carbonyl (C=O) groups is 1. The number of hydrogen-bond acceptors (Lipinski definition) is 3. The quantitative estimate of drug-likeness (QED) is 0.781. The Morgan fingerprint density at radius 1 is 1.44 bits per heavy atom. The van der Waals surface area contributed by atoms with E-state index in [-0.39, 0.29) is 5.56 Å². The van der Waals surface area contributed by atoms with Gasteiger partial charge in [0, 0.05) is 23.6 Å². The fourth-order valence-electron chi connectivity index (χ4n) is 2.31. The van der Waals surface area contributed by atoms with Gasteiger partial charge >= 0.3 is 5.97 Å². The predicted molar refractivity (Wildman–Crippen MR) is 62.1 cm³/mol. The smallest absolute Gasteiger partial charge is 0.327 e. The number of fused-ring (bicyclic) bond motifs is 1. The highest BCUT2D eigenvalue weighted by Gasteiger charge is 2.38. The van der Waals surface area contributed by atoms with Crippen LogP contribution < -0.4 is 5.32 Å². The van der Waals surface area contributed by atoms with Crippen LogP contribution >= 0.6 is 0 Å². The van der Waals surface area contributed by atoms with Crippen molar-refractivity contribution in [3.8, 4) is 0 Å². The fraction of sp³-hybridized carbons (Fsp3) is 0.462. The van der Waals surface area contributed by atoms with Crippen molar-refractivity contribution < 1.29 is 18.3 Å². The highest BCUT2D eigenvalue weighted by molar-refractivity contribution is 5.79. The van der Waals surface area contributed by atoms with Gasteiger partial charge in [-0.05, 0) is 11.6 Å². The summed E-state index contributed by atoms with van der Waals surface area (Å²) in [7, 11) is 1.24. The number of nitrogens with one attached hydrogen (secondary N) is 1. The zero-order valence-electron chi connectivity index (χ0n) is 10.5. The Hall–Kier alpha value is -1.49. The molecule has 3 nitrogen and oxygen atoms in total. The molecule has 0 fully saturated rings. The SMILES string of the molecule is COC(=O)C1NCC(C)(C)c2cc(F)cc(F)c21. The maximum Gasteiger partial charge on any atom is 0.327 e. The maximum absolute atomic E-state index is 13.9. The molecular formula is C13H15F2NO2. The lowest BCUT2D eigenvalue weighted by atomic mass is 9.76. The Balaban J connectivity index is 2.62. The molecule has 98 valence electrons. The average molecular weight is 255 g/mol. The van der Waals surface area contributed by atoms with E-state index in [9.17, 15) is 13.6 Å². The van der Waals surface area contributed by atoms with Crippen LogP contribution in [-0.4, -0.2) is 19.6 Å². The number of benzene rings is 1. The van der Waals surface area contributed by atoms with Gasteiger partial charge < -0.3 is 4.74 Å². The van der Waals surface area contributed by atoms with Crippen LogP contribution in [0.4, 0.5) is 8.78 Å². The van der Waals surface area contributed by atoms with E-state index in [2.05, 4.69) is 10.1 Å². The van der Waals surface area contributed by atoms with Crippen LogP contribution in [0.1, 0.15) is 31.0 Å². The summed E-state index contributed by atoms with van der Waals surface area (Å²) < 4.78 is 31.9. The van der Waals surface area contributed by atoms with Crippen LogP contribution in [0.15, 0.2) is 12.1 Å². The minimum absolute atomic E-state index is 0.180. The summed E-state index contributed by atoms with van der Waals surface area (Å²) in [5.74, 6) is -1.93. The monoisotopic (exact) mass is 255 g/mol. The molecule has 0 saturated carbocycles. The molecule has 0 radical (unpaired) electrons. The molecule has 1 aromatic rings. The number of esters is 1. The fourth-order valence-corrected chi connectivity index (χ4v) is 2.31. The van der Waals surface area contributed by atoms with E-state index < -0.39 is 29.1 Å². The number of halogens is 2. The van der Waals surface area contributed by atoms with Crippen molar-refractivity contribution in [2.24, 2.45) is 0 Å². The molecule has 1 unspecified atom stereocenters. The van der Waals surface area contributed by atoms with E-state index in [1.807, 2.05) is 13.8 Å². The molecule has 0 spiro atoms. The molecule has 0 aromatic heterocycles. The van der Waals surface area contributed by atoms with Gasteiger partial charge in [0.2, 0.25) is 0 Å². The Labute approximate surface area is 104 Å². The highest BCUT2D eigenvalue weighted by atomic mass is 19.1. The van der Waals surface area contributed by atoms with Gasteiger partial charge in [0.25, 0.3) is 0 Å². The van der Waals surface area contributed by atoms with E-state index in [4.69, 9.17) is 0 Å². The zero-order valence-corrected chi connectivity index (χ0v) is 10.5. The minimum atomic E-state index is -0.876. The summed E-state index contributed by atoms with van der Waals surface area (Å²) in [5, 5.41) is 2.94. The van der Waals surface area contributed by atoms with Gasteiger partial charge in [-0.15, -0.1) is 0 Å². The van der Waals surface area contributed by atoms with Crippen LogP contribution in [0.2, 0.25) is 0 Å². The molecule has 0 bridgehead atoms. The molecule has 1 aliphatic rings. The largest absolute Gasteiger partial charge is 0.468 e. The van der Waals surface area contributed by atoms with E-state index in [1.54, 1.807) is 0 Å². The first-order chi connectivity index (χ1) is 8.36. The molecule has 0 aliphatic carbocycles. The molecule has 1 N–H and O–H groups in total. The first kappa shape index (κ1) is 13.0. The van der Waals surface area contributed by atoms with Gasteiger partial charge in [0.15, 0.2) is 0 Å². The molecule has 0 amide bonds. The lowest BCUT2D eigenvalue weighted by Crippen LogP contribution is -2.45. The van der Waals surface area contributed by atoms with Crippen molar-refractivity contribution in [3.05, 3.63) is 34.9 Å². The van der Waals surface area contributed by atoms with Crippen LogP contribution in [0.3, 0.4) is 0 Å². The maximum atomic E-state index is 13.9. The van der Waals surface area contributed by atoms with Gasteiger partial charge in [-0.2, -0.15) is 0 Å². The Kier molecular flexibility index (Phi) is 3.11. The van der Waals surface area contributed by atoms with Crippen LogP contribution in [0, 0.1) is 11.6 Å². The normalized spacial score (nSPS) is 21.3.